The van der Waals surface area contributed by atoms with E-state index in [4.69, 9.17) is 0 Å². The zero-order valence-electron chi connectivity index (χ0n) is 10.9. The largest absolute Gasteiger partial charge is 0.335 e. The average Bonchev–Trinajstić information content (AvgIpc) is 2.38. The predicted molar refractivity (Wildman–Crippen MR) is 72.4 cm³/mol. The molecule has 0 spiro atoms. The van der Waals surface area contributed by atoms with Crippen molar-refractivity contribution in [2.75, 3.05) is 11.4 Å². The Kier molecular flexibility index (Phi) is 5.53. The number of rotatable bonds is 5. The molecule has 0 aliphatic rings. The molecule has 0 radical (unpaired) electrons. The Morgan fingerprint density at radius 1 is 1.18 bits per heavy atom. The molecule has 94 valence electrons. The van der Waals surface area contributed by atoms with Crippen LogP contribution in [0, 0.1) is 0 Å². The third-order valence-corrected chi connectivity index (χ3v) is 2.94. The second-order valence-corrected chi connectivity index (χ2v) is 4.04. The van der Waals surface area contributed by atoms with Gasteiger partial charge in [0.05, 0.1) is 0 Å². The van der Waals surface area contributed by atoms with Gasteiger partial charge in [-0.25, -0.2) is 4.79 Å². The van der Waals surface area contributed by atoms with Crippen molar-refractivity contribution in [2.24, 2.45) is 0 Å². The summed E-state index contributed by atoms with van der Waals surface area (Å²) in [5, 5.41) is 3.05. The van der Waals surface area contributed by atoms with Crippen LogP contribution in [-0.2, 0) is 0 Å². The lowest BCUT2D eigenvalue weighted by atomic mass is 10.2. The van der Waals surface area contributed by atoms with E-state index < -0.39 is 0 Å². The van der Waals surface area contributed by atoms with Crippen LogP contribution >= 0.6 is 0 Å². The number of urea groups is 1. The predicted octanol–water partition coefficient (Wildman–Crippen LogP) is 3.41. The van der Waals surface area contributed by atoms with Gasteiger partial charge in [0.25, 0.3) is 0 Å². The van der Waals surface area contributed by atoms with Crippen LogP contribution < -0.4 is 10.2 Å². The van der Waals surface area contributed by atoms with E-state index in [0.717, 1.165) is 18.5 Å². The van der Waals surface area contributed by atoms with Gasteiger partial charge in [0, 0.05) is 18.3 Å². The minimum Gasteiger partial charge on any atom is -0.335 e. The van der Waals surface area contributed by atoms with Gasteiger partial charge in [0.2, 0.25) is 0 Å². The molecule has 0 aromatic heterocycles. The van der Waals surface area contributed by atoms with Crippen LogP contribution in [0.5, 0.6) is 0 Å². The summed E-state index contributed by atoms with van der Waals surface area (Å²) in [5.41, 5.74) is 0.943. The van der Waals surface area contributed by atoms with Crippen molar-refractivity contribution in [1.29, 1.82) is 0 Å². The summed E-state index contributed by atoms with van der Waals surface area (Å²) in [7, 11) is 0. The average molecular weight is 234 g/mol. The topological polar surface area (TPSA) is 32.3 Å². The van der Waals surface area contributed by atoms with Gasteiger partial charge in [-0.3, -0.25) is 4.90 Å². The van der Waals surface area contributed by atoms with Gasteiger partial charge in [-0.2, -0.15) is 0 Å². The van der Waals surface area contributed by atoms with E-state index in [9.17, 15) is 4.79 Å². The highest BCUT2D eigenvalue weighted by Crippen LogP contribution is 2.13. The monoisotopic (exact) mass is 234 g/mol. The molecule has 3 nitrogen and oxygen atoms in total. The summed E-state index contributed by atoms with van der Waals surface area (Å²) in [6, 6.07) is 10.0. The molecule has 0 bridgehead atoms. The molecule has 17 heavy (non-hydrogen) atoms. The van der Waals surface area contributed by atoms with E-state index in [0.29, 0.717) is 6.54 Å². The molecule has 0 atom stereocenters. The van der Waals surface area contributed by atoms with E-state index in [2.05, 4.69) is 19.2 Å². The number of hydrogen-bond donors (Lipinski definition) is 1. The number of nitrogens with one attached hydrogen (secondary N) is 1. The maximum atomic E-state index is 12.1. The van der Waals surface area contributed by atoms with Crippen molar-refractivity contribution in [3.05, 3.63) is 30.3 Å². The van der Waals surface area contributed by atoms with Crippen molar-refractivity contribution < 1.29 is 4.79 Å². The molecular formula is C14H22N2O. The van der Waals surface area contributed by atoms with E-state index in [1.54, 1.807) is 4.90 Å². The number of para-hydroxylation sites is 1. The normalized spacial score (nSPS) is 10.4. The Bertz CT molecular complexity index is 333. The van der Waals surface area contributed by atoms with Crippen LogP contribution in [0.3, 0.4) is 0 Å². The van der Waals surface area contributed by atoms with Gasteiger partial charge in [0.1, 0.15) is 0 Å². The minimum atomic E-state index is -0.00704. The number of hydrogen-bond acceptors (Lipinski definition) is 1. The van der Waals surface area contributed by atoms with Gasteiger partial charge in [-0.1, -0.05) is 32.0 Å². The molecule has 0 unspecified atom stereocenters. The summed E-state index contributed by atoms with van der Waals surface area (Å²) in [6.07, 6.45) is 1.93. The van der Waals surface area contributed by atoms with E-state index >= 15 is 0 Å². The van der Waals surface area contributed by atoms with Gasteiger partial charge < -0.3 is 5.32 Å². The van der Waals surface area contributed by atoms with Gasteiger partial charge in [-0.05, 0) is 31.9 Å². The zero-order valence-corrected chi connectivity index (χ0v) is 10.9. The van der Waals surface area contributed by atoms with Crippen molar-refractivity contribution in [1.82, 2.24) is 5.32 Å². The van der Waals surface area contributed by atoms with E-state index in [-0.39, 0.29) is 12.1 Å². The van der Waals surface area contributed by atoms with Crippen LogP contribution in [0.1, 0.15) is 33.6 Å². The molecule has 0 heterocycles. The second kappa shape index (κ2) is 6.94. The zero-order chi connectivity index (χ0) is 12.7. The van der Waals surface area contributed by atoms with E-state index in [1.807, 2.05) is 37.3 Å². The third-order valence-electron chi connectivity index (χ3n) is 2.94. The SMILES string of the molecule is CCC(CC)NC(=O)N(CC)c1ccccc1. The number of amides is 2. The van der Waals surface area contributed by atoms with Crippen molar-refractivity contribution >= 4 is 11.7 Å². The fourth-order valence-corrected chi connectivity index (χ4v) is 1.80. The lowest BCUT2D eigenvalue weighted by Gasteiger charge is -2.24. The fourth-order valence-electron chi connectivity index (χ4n) is 1.80. The molecule has 0 saturated heterocycles. The summed E-state index contributed by atoms with van der Waals surface area (Å²) < 4.78 is 0. The highest BCUT2D eigenvalue weighted by atomic mass is 16.2. The summed E-state index contributed by atoms with van der Waals surface area (Å²) in [6.45, 7) is 6.84. The number of carbonyl (C=O) groups excluding carboxylic acids is 1. The molecule has 3 heteroatoms. The Balaban J connectivity index is 2.71. The maximum Gasteiger partial charge on any atom is 0.322 e. The summed E-state index contributed by atoms with van der Waals surface area (Å²) >= 11 is 0. The Labute approximate surface area is 104 Å². The van der Waals surface area contributed by atoms with Crippen molar-refractivity contribution in [3.8, 4) is 0 Å². The highest BCUT2D eigenvalue weighted by molar-refractivity contribution is 5.92. The van der Waals surface area contributed by atoms with Gasteiger partial charge in [0.15, 0.2) is 0 Å². The molecule has 2 amide bonds. The van der Waals surface area contributed by atoms with Crippen LogP contribution in [-0.4, -0.2) is 18.6 Å². The first-order valence-electron chi connectivity index (χ1n) is 6.35. The maximum absolute atomic E-state index is 12.1. The molecule has 0 aliphatic heterocycles. The van der Waals surface area contributed by atoms with Crippen molar-refractivity contribution in [2.45, 2.75) is 39.7 Å². The van der Waals surface area contributed by atoms with Crippen LogP contribution in [0.15, 0.2) is 30.3 Å². The Hall–Kier alpha value is -1.51. The smallest absolute Gasteiger partial charge is 0.322 e. The molecule has 1 N–H and O–H groups in total. The number of anilines is 1. The first-order valence-corrected chi connectivity index (χ1v) is 6.35. The molecular weight excluding hydrogens is 212 g/mol. The lowest BCUT2D eigenvalue weighted by Crippen LogP contribution is -2.44. The van der Waals surface area contributed by atoms with Crippen LogP contribution in [0.2, 0.25) is 0 Å². The van der Waals surface area contributed by atoms with Gasteiger partial charge >= 0.3 is 6.03 Å². The molecule has 0 saturated carbocycles. The second-order valence-electron chi connectivity index (χ2n) is 4.04. The number of carbonyl (C=O) groups is 1. The Morgan fingerprint density at radius 2 is 1.76 bits per heavy atom. The standard InChI is InChI=1S/C14H22N2O/c1-4-12(5-2)15-14(17)16(6-3)13-10-8-7-9-11-13/h7-12H,4-6H2,1-3H3,(H,15,17). The first kappa shape index (κ1) is 13.6. The van der Waals surface area contributed by atoms with Crippen LogP contribution in [0.25, 0.3) is 0 Å². The minimum absolute atomic E-state index is 0.00704. The molecule has 0 fully saturated rings. The number of benzene rings is 1. The third kappa shape index (κ3) is 3.77. The van der Waals surface area contributed by atoms with E-state index in [1.165, 1.54) is 0 Å². The number of nitrogens with zero attached hydrogens (tertiary/aromatic N) is 1. The first-order chi connectivity index (χ1) is 8.22. The summed E-state index contributed by atoms with van der Waals surface area (Å²) in [5.74, 6) is 0. The van der Waals surface area contributed by atoms with Crippen molar-refractivity contribution in [3.63, 3.8) is 0 Å². The molecule has 0 aliphatic carbocycles. The molecule has 1 aromatic carbocycles. The fraction of sp³-hybridized carbons (Fsp3) is 0.500. The quantitative estimate of drug-likeness (QED) is 0.832. The Morgan fingerprint density at radius 3 is 2.24 bits per heavy atom. The molecule has 1 aromatic rings. The summed E-state index contributed by atoms with van der Waals surface area (Å²) in [4.78, 5) is 13.9. The van der Waals surface area contributed by atoms with Gasteiger partial charge in [-0.15, -0.1) is 0 Å². The lowest BCUT2D eigenvalue weighted by molar-refractivity contribution is 0.242. The molecule has 1 rings (SSSR count). The van der Waals surface area contributed by atoms with Crippen LogP contribution in [0.4, 0.5) is 10.5 Å². The highest BCUT2D eigenvalue weighted by Gasteiger charge is 2.15.